The van der Waals surface area contributed by atoms with Crippen LogP contribution in [0.2, 0.25) is 0 Å². The number of benzene rings is 2. The lowest BCUT2D eigenvalue weighted by atomic mass is 9.59. The van der Waals surface area contributed by atoms with Crippen LogP contribution in [-0.2, 0) is 16.0 Å². The molecule has 2 aromatic rings. The average Bonchev–Trinajstić information content (AvgIpc) is 3.27. The van der Waals surface area contributed by atoms with Crippen LogP contribution in [0, 0.1) is 22.7 Å². The van der Waals surface area contributed by atoms with E-state index in [4.69, 9.17) is 9.47 Å². The molecule has 2 N–H and O–H groups in total. The van der Waals surface area contributed by atoms with E-state index in [9.17, 15) is 9.90 Å². The Morgan fingerprint density at radius 1 is 1.22 bits per heavy atom. The summed E-state index contributed by atoms with van der Waals surface area (Å²) in [6.07, 6.45) is 3.52. The molecule has 2 bridgehead atoms. The van der Waals surface area contributed by atoms with Crippen LogP contribution in [0.3, 0.4) is 0 Å². The number of hydrogen-bond donors (Lipinski definition) is 2. The standard InChI is InChI=1S/C27H33NO4/c1-26(2)19-15-20-24(18-9-10-22(31-3)21(29)14-18)32-12-11-27(20,16-19)25(26)28-23(30)13-17-7-5-4-6-8-17/h4-10,14,19-20,24-25,29H,11-13,15-16H2,1-3H3,(H,28,30)/t19-,20-,24-,25-,27-/m1/s1. The van der Waals surface area contributed by atoms with Crippen LogP contribution in [0.15, 0.2) is 48.5 Å². The molecule has 0 unspecified atom stereocenters. The van der Waals surface area contributed by atoms with Crippen LogP contribution in [0.25, 0.3) is 0 Å². The number of hydrogen-bond acceptors (Lipinski definition) is 4. The van der Waals surface area contributed by atoms with E-state index in [1.807, 2.05) is 42.5 Å². The van der Waals surface area contributed by atoms with Crippen molar-refractivity contribution in [1.82, 2.24) is 5.32 Å². The van der Waals surface area contributed by atoms with Gasteiger partial charge in [-0.3, -0.25) is 4.79 Å². The maximum atomic E-state index is 13.1. The summed E-state index contributed by atoms with van der Waals surface area (Å²) in [5, 5.41) is 13.8. The van der Waals surface area contributed by atoms with Gasteiger partial charge in [0.15, 0.2) is 11.5 Å². The quantitative estimate of drug-likeness (QED) is 0.718. The largest absolute Gasteiger partial charge is 0.504 e. The average molecular weight is 436 g/mol. The highest BCUT2D eigenvalue weighted by Crippen LogP contribution is 2.70. The van der Waals surface area contributed by atoms with Crippen LogP contribution in [-0.4, -0.2) is 30.8 Å². The van der Waals surface area contributed by atoms with Crippen molar-refractivity contribution in [2.75, 3.05) is 13.7 Å². The minimum atomic E-state index is -0.0739. The Morgan fingerprint density at radius 3 is 2.72 bits per heavy atom. The van der Waals surface area contributed by atoms with Gasteiger partial charge in [0.1, 0.15) is 0 Å². The summed E-state index contributed by atoms with van der Waals surface area (Å²) in [6, 6.07) is 15.7. The third-order valence-corrected chi connectivity index (χ3v) is 8.55. The second-order valence-corrected chi connectivity index (χ2v) is 10.4. The number of ether oxygens (including phenoxy) is 2. The maximum Gasteiger partial charge on any atom is 0.224 e. The van der Waals surface area contributed by atoms with Gasteiger partial charge in [-0.15, -0.1) is 0 Å². The van der Waals surface area contributed by atoms with Gasteiger partial charge in [0, 0.05) is 12.6 Å². The second-order valence-electron chi connectivity index (χ2n) is 10.4. The van der Waals surface area contributed by atoms with Gasteiger partial charge >= 0.3 is 0 Å². The van der Waals surface area contributed by atoms with E-state index in [2.05, 4.69) is 19.2 Å². The molecule has 0 radical (unpaired) electrons. The van der Waals surface area contributed by atoms with Gasteiger partial charge in [0.25, 0.3) is 0 Å². The molecule has 5 rings (SSSR count). The van der Waals surface area contributed by atoms with E-state index >= 15 is 0 Å². The maximum absolute atomic E-state index is 13.1. The number of carbonyl (C=O) groups is 1. The monoisotopic (exact) mass is 435 g/mol. The van der Waals surface area contributed by atoms with Crippen molar-refractivity contribution < 1.29 is 19.4 Å². The van der Waals surface area contributed by atoms with Gasteiger partial charge in [-0.25, -0.2) is 0 Å². The van der Waals surface area contributed by atoms with E-state index in [1.165, 1.54) is 0 Å². The molecule has 5 heteroatoms. The van der Waals surface area contributed by atoms with Crippen molar-refractivity contribution in [3.8, 4) is 11.5 Å². The molecule has 1 saturated heterocycles. The Kier molecular flexibility index (Phi) is 5.20. The summed E-state index contributed by atoms with van der Waals surface area (Å²) in [6.45, 7) is 5.31. The molecule has 5 atom stereocenters. The molecule has 1 spiro atoms. The first-order chi connectivity index (χ1) is 15.3. The highest BCUT2D eigenvalue weighted by Gasteiger charge is 2.68. The fraction of sp³-hybridized carbons (Fsp3) is 0.519. The Balaban J connectivity index is 1.42. The number of amides is 1. The Hall–Kier alpha value is -2.53. The van der Waals surface area contributed by atoms with E-state index in [1.54, 1.807) is 13.2 Å². The number of phenols is 1. The van der Waals surface area contributed by atoms with Gasteiger partial charge in [0.05, 0.1) is 19.6 Å². The number of methoxy groups -OCH3 is 1. The summed E-state index contributed by atoms with van der Waals surface area (Å²) in [4.78, 5) is 13.1. The number of nitrogens with one attached hydrogen (secondary N) is 1. The number of fused-ring (bicyclic) bond motifs is 1. The summed E-state index contributed by atoms with van der Waals surface area (Å²) in [5.41, 5.74) is 2.11. The zero-order valence-electron chi connectivity index (χ0n) is 19.1. The fourth-order valence-corrected chi connectivity index (χ4v) is 6.99. The lowest BCUT2D eigenvalue weighted by Crippen LogP contribution is -2.59. The second kappa shape index (κ2) is 7.80. The summed E-state index contributed by atoms with van der Waals surface area (Å²) >= 11 is 0. The van der Waals surface area contributed by atoms with Gasteiger partial charge < -0.3 is 19.9 Å². The van der Waals surface area contributed by atoms with Crippen molar-refractivity contribution >= 4 is 5.91 Å². The number of carbonyl (C=O) groups excluding carboxylic acids is 1. The molecule has 170 valence electrons. The van der Waals surface area contributed by atoms with Crippen LogP contribution in [0.1, 0.15) is 50.3 Å². The third-order valence-electron chi connectivity index (χ3n) is 8.55. The molecule has 5 nitrogen and oxygen atoms in total. The first kappa shape index (κ1) is 21.3. The van der Waals surface area contributed by atoms with E-state index in [-0.39, 0.29) is 34.6 Å². The summed E-state index contributed by atoms with van der Waals surface area (Å²) < 4.78 is 11.5. The van der Waals surface area contributed by atoms with Crippen molar-refractivity contribution in [2.45, 2.75) is 51.7 Å². The molecular weight excluding hydrogens is 402 g/mol. The lowest BCUT2D eigenvalue weighted by molar-refractivity contribution is -0.136. The van der Waals surface area contributed by atoms with Crippen LogP contribution in [0.5, 0.6) is 11.5 Å². The lowest BCUT2D eigenvalue weighted by Gasteiger charge is -2.53. The number of aromatic hydroxyl groups is 1. The molecule has 32 heavy (non-hydrogen) atoms. The zero-order valence-corrected chi connectivity index (χ0v) is 19.1. The van der Waals surface area contributed by atoms with E-state index in [0.29, 0.717) is 30.6 Å². The normalized spacial score (nSPS) is 32.3. The summed E-state index contributed by atoms with van der Waals surface area (Å²) in [5.74, 6) is 1.58. The minimum Gasteiger partial charge on any atom is -0.504 e. The third kappa shape index (κ3) is 3.29. The molecule has 3 fully saturated rings. The fourth-order valence-electron chi connectivity index (χ4n) is 6.99. The van der Waals surface area contributed by atoms with Crippen molar-refractivity contribution in [1.29, 1.82) is 0 Å². The molecule has 1 heterocycles. The molecular formula is C27H33NO4. The number of rotatable bonds is 5. The van der Waals surface area contributed by atoms with Crippen molar-refractivity contribution in [2.24, 2.45) is 22.7 Å². The van der Waals surface area contributed by atoms with Gasteiger partial charge in [-0.05, 0) is 65.2 Å². The van der Waals surface area contributed by atoms with Crippen molar-refractivity contribution in [3.63, 3.8) is 0 Å². The molecule has 1 amide bonds. The Bertz CT molecular complexity index is 1000. The minimum absolute atomic E-state index is 0.0268. The van der Waals surface area contributed by atoms with E-state index < -0.39 is 0 Å². The van der Waals surface area contributed by atoms with Crippen molar-refractivity contribution in [3.05, 3.63) is 59.7 Å². The van der Waals surface area contributed by atoms with Crippen LogP contribution >= 0.6 is 0 Å². The Labute approximate surface area is 190 Å². The predicted molar refractivity (Wildman–Crippen MR) is 122 cm³/mol. The van der Waals surface area contributed by atoms with Gasteiger partial charge in [-0.1, -0.05) is 50.2 Å². The topological polar surface area (TPSA) is 67.8 Å². The number of phenolic OH excluding ortho intramolecular Hbond substituents is 1. The van der Waals surface area contributed by atoms with Crippen LogP contribution < -0.4 is 10.1 Å². The van der Waals surface area contributed by atoms with Gasteiger partial charge in [-0.2, -0.15) is 0 Å². The SMILES string of the molecule is COc1ccc([C@H]2OCC[C@@]34C[C@@H](C[C@H]23)C(C)(C)[C@H]4NC(=O)Cc2ccccc2)cc1O. The zero-order chi connectivity index (χ0) is 22.5. The predicted octanol–water partition coefficient (Wildman–Crippen LogP) is 4.64. The summed E-state index contributed by atoms with van der Waals surface area (Å²) in [7, 11) is 1.56. The highest BCUT2D eigenvalue weighted by atomic mass is 16.5. The van der Waals surface area contributed by atoms with E-state index in [0.717, 1.165) is 30.4 Å². The first-order valence-corrected chi connectivity index (χ1v) is 11.7. The molecule has 0 aromatic heterocycles. The molecule has 3 aliphatic rings. The molecule has 2 aromatic carbocycles. The first-order valence-electron chi connectivity index (χ1n) is 11.7. The smallest absolute Gasteiger partial charge is 0.224 e. The van der Waals surface area contributed by atoms with Gasteiger partial charge in [0.2, 0.25) is 5.91 Å². The molecule has 2 aliphatic carbocycles. The molecule has 2 saturated carbocycles. The molecule has 1 aliphatic heterocycles. The highest BCUT2D eigenvalue weighted by molar-refractivity contribution is 5.79. The Morgan fingerprint density at radius 2 is 2.00 bits per heavy atom. The van der Waals surface area contributed by atoms with Crippen LogP contribution in [0.4, 0.5) is 0 Å².